The lowest BCUT2D eigenvalue weighted by molar-refractivity contribution is 0.0941. The molecule has 1 aliphatic rings. The molecule has 1 saturated heterocycles. The fourth-order valence-corrected chi connectivity index (χ4v) is 4.84. The quantitative estimate of drug-likeness (QED) is 0.808. The van der Waals surface area contributed by atoms with Crippen LogP contribution in [0.25, 0.3) is 0 Å². The zero-order chi connectivity index (χ0) is 20.1. The van der Waals surface area contributed by atoms with Crippen LogP contribution < -0.4 is 10.2 Å². The molecule has 1 heterocycles. The number of piperidine rings is 1. The minimum Gasteiger partial charge on any atom is -0.378 e. The Morgan fingerprint density at radius 2 is 1.64 bits per heavy atom. The number of rotatable bonds is 6. The van der Waals surface area contributed by atoms with Crippen molar-refractivity contribution in [3.05, 3.63) is 60.2 Å². The standard InChI is InChI=1S/C21H27N3O3S/c1-23(2)19-10-8-18(9-11-19)21(25)22-16-17-12-14-24(15-13-17)28(26,27)20-6-4-3-5-7-20/h3-11,17H,12-16H2,1-2H3,(H,22,25). The van der Waals surface area contributed by atoms with Crippen molar-refractivity contribution in [2.45, 2.75) is 17.7 Å². The largest absolute Gasteiger partial charge is 0.378 e. The van der Waals surface area contributed by atoms with Gasteiger partial charge in [-0.3, -0.25) is 4.79 Å². The molecule has 1 aliphatic heterocycles. The molecular weight excluding hydrogens is 374 g/mol. The summed E-state index contributed by atoms with van der Waals surface area (Å²) in [4.78, 5) is 14.7. The van der Waals surface area contributed by atoms with E-state index in [4.69, 9.17) is 0 Å². The van der Waals surface area contributed by atoms with Gasteiger partial charge >= 0.3 is 0 Å². The summed E-state index contributed by atoms with van der Waals surface area (Å²) in [6.45, 7) is 1.53. The molecule has 3 rings (SSSR count). The van der Waals surface area contributed by atoms with Crippen molar-refractivity contribution in [2.75, 3.05) is 38.6 Å². The van der Waals surface area contributed by atoms with Crippen LogP contribution in [-0.2, 0) is 10.0 Å². The first kappa shape index (κ1) is 20.4. The Bertz CT molecular complexity index is 888. The number of nitrogens with zero attached hydrogens (tertiary/aromatic N) is 2. The molecule has 1 N–H and O–H groups in total. The van der Waals surface area contributed by atoms with E-state index in [1.54, 1.807) is 28.6 Å². The van der Waals surface area contributed by atoms with Gasteiger partial charge in [0.2, 0.25) is 10.0 Å². The molecule has 0 atom stereocenters. The van der Waals surface area contributed by atoms with Gasteiger partial charge < -0.3 is 10.2 Å². The molecule has 0 saturated carbocycles. The molecule has 0 radical (unpaired) electrons. The smallest absolute Gasteiger partial charge is 0.251 e. The number of hydrogen-bond acceptors (Lipinski definition) is 4. The molecule has 1 fully saturated rings. The van der Waals surface area contributed by atoms with Gasteiger partial charge in [-0.15, -0.1) is 0 Å². The second-order valence-corrected chi connectivity index (χ2v) is 9.25. The van der Waals surface area contributed by atoms with Crippen molar-refractivity contribution < 1.29 is 13.2 Å². The topological polar surface area (TPSA) is 69.7 Å². The maximum atomic E-state index is 12.7. The zero-order valence-corrected chi connectivity index (χ0v) is 17.2. The third kappa shape index (κ3) is 4.72. The van der Waals surface area contributed by atoms with Crippen molar-refractivity contribution in [1.82, 2.24) is 9.62 Å². The van der Waals surface area contributed by atoms with Crippen LogP contribution >= 0.6 is 0 Å². The molecule has 150 valence electrons. The van der Waals surface area contributed by atoms with E-state index in [1.165, 1.54) is 0 Å². The van der Waals surface area contributed by atoms with Gasteiger partial charge in [-0.1, -0.05) is 18.2 Å². The van der Waals surface area contributed by atoms with Gasteiger partial charge in [-0.2, -0.15) is 4.31 Å². The Morgan fingerprint density at radius 1 is 1.04 bits per heavy atom. The minimum atomic E-state index is -3.43. The molecule has 7 heteroatoms. The Balaban J connectivity index is 1.50. The van der Waals surface area contributed by atoms with Crippen LogP contribution in [0.1, 0.15) is 23.2 Å². The predicted molar refractivity (Wildman–Crippen MR) is 111 cm³/mol. The van der Waals surface area contributed by atoms with E-state index in [-0.39, 0.29) is 11.8 Å². The lowest BCUT2D eigenvalue weighted by Gasteiger charge is -2.31. The highest BCUT2D eigenvalue weighted by Gasteiger charge is 2.29. The fourth-order valence-electron chi connectivity index (χ4n) is 3.35. The van der Waals surface area contributed by atoms with E-state index in [9.17, 15) is 13.2 Å². The van der Waals surface area contributed by atoms with Crippen LogP contribution in [0, 0.1) is 5.92 Å². The Kier molecular flexibility index (Phi) is 6.36. The number of anilines is 1. The minimum absolute atomic E-state index is 0.0929. The van der Waals surface area contributed by atoms with Crippen LogP contribution in [0.2, 0.25) is 0 Å². The summed E-state index contributed by atoms with van der Waals surface area (Å²) in [5.74, 6) is 0.192. The summed E-state index contributed by atoms with van der Waals surface area (Å²) in [6, 6.07) is 16.0. The highest BCUT2D eigenvalue weighted by Crippen LogP contribution is 2.23. The average molecular weight is 402 g/mol. The maximum absolute atomic E-state index is 12.7. The molecule has 1 amide bonds. The number of nitrogens with one attached hydrogen (secondary N) is 1. The van der Waals surface area contributed by atoms with E-state index in [1.807, 2.05) is 49.3 Å². The molecule has 0 spiro atoms. The van der Waals surface area contributed by atoms with Gasteiger partial charge in [0.15, 0.2) is 0 Å². The molecular formula is C21H27N3O3S. The van der Waals surface area contributed by atoms with Gasteiger partial charge in [0.05, 0.1) is 4.90 Å². The first-order valence-electron chi connectivity index (χ1n) is 9.48. The van der Waals surface area contributed by atoms with Crippen LogP contribution in [-0.4, -0.2) is 52.4 Å². The van der Waals surface area contributed by atoms with E-state index < -0.39 is 10.0 Å². The van der Waals surface area contributed by atoms with Crippen LogP contribution in [0.3, 0.4) is 0 Å². The summed E-state index contributed by atoms with van der Waals surface area (Å²) < 4.78 is 26.9. The number of amides is 1. The van der Waals surface area contributed by atoms with Gasteiger partial charge in [-0.25, -0.2) is 8.42 Å². The SMILES string of the molecule is CN(C)c1ccc(C(=O)NCC2CCN(S(=O)(=O)c3ccccc3)CC2)cc1. The maximum Gasteiger partial charge on any atom is 0.251 e. The van der Waals surface area contributed by atoms with Crippen LogP contribution in [0.5, 0.6) is 0 Å². The normalized spacial score (nSPS) is 15.9. The lowest BCUT2D eigenvalue weighted by Crippen LogP contribution is -2.41. The molecule has 2 aromatic carbocycles. The molecule has 28 heavy (non-hydrogen) atoms. The van der Waals surface area contributed by atoms with Crippen molar-refractivity contribution in [1.29, 1.82) is 0 Å². The Hall–Kier alpha value is -2.38. The summed E-state index contributed by atoms with van der Waals surface area (Å²) in [7, 11) is 0.487. The van der Waals surface area contributed by atoms with Crippen molar-refractivity contribution >= 4 is 21.6 Å². The lowest BCUT2D eigenvalue weighted by atomic mass is 9.98. The third-order valence-corrected chi connectivity index (χ3v) is 7.06. The highest BCUT2D eigenvalue weighted by molar-refractivity contribution is 7.89. The Morgan fingerprint density at radius 3 is 2.21 bits per heavy atom. The van der Waals surface area contributed by atoms with Crippen molar-refractivity contribution in [3.63, 3.8) is 0 Å². The fraction of sp³-hybridized carbons (Fsp3) is 0.381. The predicted octanol–water partition coefficient (Wildman–Crippen LogP) is 2.58. The van der Waals surface area contributed by atoms with E-state index in [0.29, 0.717) is 30.1 Å². The van der Waals surface area contributed by atoms with Gasteiger partial charge in [-0.05, 0) is 55.2 Å². The summed E-state index contributed by atoms with van der Waals surface area (Å²) >= 11 is 0. The summed E-state index contributed by atoms with van der Waals surface area (Å²) in [6.07, 6.45) is 1.48. The number of sulfonamides is 1. The molecule has 0 unspecified atom stereocenters. The van der Waals surface area contributed by atoms with Crippen LogP contribution in [0.15, 0.2) is 59.5 Å². The van der Waals surface area contributed by atoms with E-state index in [0.717, 1.165) is 18.5 Å². The number of benzene rings is 2. The summed E-state index contributed by atoms with van der Waals surface area (Å²) in [5, 5.41) is 2.98. The average Bonchev–Trinajstić information content (AvgIpc) is 2.73. The zero-order valence-electron chi connectivity index (χ0n) is 16.3. The van der Waals surface area contributed by atoms with Crippen LogP contribution in [0.4, 0.5) is 5.69 Å². The second kappa shape index (κ2) is 8.75. The van der Waals surface area contributed by atoms with Crippen molar-refractivity contribution in [3.8, 4) is 0 Å². The molecule has 0 aromatic heterocycles. The first-order chi connectivity index (χ1) is 13.4. The molecule has 0 bridgehead atoms. The summed E-state index contributed by atoms with van der Waals surface area (Å²) in [5.41, 5.74) is 1.68. The van der Waals surface area contributed by atoms with Gasteiger partial charge in [0, 0.05) is 45.0 Å². The Labute approximate surface area is 167 Å². The number of carbonyl (C=O) groups excluding carboxylic acids is 1. The van der Waals surface area contributed by atoms with Gasteiger partial charge in [0.25, 0.3) is 5.91 Å². The number of hydrogen-bond donors (Lipinski definition) is 1. The van der Waals surface area contributed by atoms with E-state index in [2.05, 4.69) is 5.32 Å². The molecule has 6 nitrogen and oxygen atoms in total. The second-order valence-electron chi connectivity index (χ2n) is 7.31. The third-order valence-electron chi connectivity index (χ3n) is 5.15. The highest BCUT2D eigenvalue weighted by atomic mass is 32.2. The molecule has 0 aliphatic carbocycles. The van der Waals surface area contributed by atoms with Crippen molar-refractivity contribution in [2.24, 2.45) is 5.92 Å². The van der Waals surface area contributed by atoms with Gasteiger partial charge in [0.1, 0.15) is 0 Å². The number of carbonyl (C=O) groups is 1. The van der Waals surface area contributed by atoms with E-state index >= 15 is 0 Å². The first-order valence-corrected chi connectivity index (χ1v) is 10.9. The molecule has 2 aromatic rings. The monoisotopic (exact) mass is 401 g/mol.